The summed E-state index contributed by atoms with van der Waals surface area (Å²) in [4.78, 5) is 51.5. The molecule has 1 N–H and O–H groups in total. The molecule has 2 heterocycles. The number of non-ortho nitro benzene ring substituents is 1. The Morgan fingerprint density at radius 1 is 1.20 bits per heavy atom. The van der Waals surface area contributed by atoms with E-state index < -0.39 is 27.8 Å². The molecule has 2 aliphatic rings. The smallest absolute Gasteiger partial charge is 0.293 e. The lowest BCUT2D eigenvalue weighted by Crippen LogP contribution is -2.39. The monoisotopic (exact) mass is 500 g/mol. The average molecular weight is 501 g/mol. The Morgan fingerprint density at radius 2 is 1.94 bits per heavy atom. The van der Waals surface area contributed by atoms with E-state index >= 15 is 0 Å². The number of imide groups is 1. The number of nitrogens with one attached hydrogen (secondary N) is 1. The van der Waals surface area contributed by atoms with E-state index in [0.717, 1.165) is 4.90 Å². The van der Waals surface area contributed by atoms with Crippen molar-refractivity contribution in [3.63, 3.8) is 0 Å². The number of nitro benzene ring substituents is 1. The summed E-state index contributed by atoms with van der Waals surface area (Å²) in [6.07, 6.45) is 1.32. The fraction of sp³-hybridized carbons (Fsp3) is 0.261. The van der Waals surface area contributed by atoms with Crippen molar-refractivity contribution >= 4 is 46.3 Å². The molecule has 0 aliphatic carbocycles. The molecule has 4 rings (SSSR count). The van der Waals surface area contributed by atoms with Gasteiger partial charge in [0.15, 0.2) is 0 Å². The minimum Gasteiger partial charge on any atom is -0.378 e. The number of hydrogen-bond donors (Lipinski definition) is 1. The average Bonchev–Trinajstić information content (AvgIpc) is 3.12. The van der Waals surface area contributed by atoms with Crippen LogP contribution in [0.4, 0.5) is 20.6 Å². The van der Waals surface area contributed by atoms with E-state index in [0.29, 0.717) is 43.8 Å². The van der Waals surface area contributed by atoms with Crippen LogP contribution in [0.5, 0.6) is 0 Å². The van der Waals surface area contributed by atoms with E-state index in [2.05, 4.69) is 5.32 Å². The Hall–Kier alpha value is -3.77. The molecule has 2 aliphatic heterocycles. The number of benzene rings is 2. The first-order valence-corrected chi connectivity index (χ1v) is 11.6. The van der Waals surface area contributed by atoms with Gasteiger partial charge in [-0.15, -0.1) is 0 Å². The predicted octanol–water partition coefficient (Wildman–Crippen LogP) is 3.04. The van der Waals surface area contributed by atoms with E-state index in [1.165, 1.54) is 42.5 Å². The Morgan fingerprint density at radius 3 is 2.66 bits per heavy atom. The van der Waals surface area contributed by atoms with Gasteiger partial charge in [0.25, 0.3) is 22.7 Å². The van der Waals surface area contributed by atoms with Crippen LogP contribution in [0.25, 0.3) is 6.08 Å². The topological polar surface area (TPSA) is 122 Å². The predicted molar refractivity (Wildman–Crippen MR) is 128 cm³/mol. The second kappa shape index (κ2) is 10.7. The number of amides is 3. The standard InChI is InChI=1S/C23H21FN4O6S/c24-18-4-2-1-3-15(18)13-20-22(30)27(23(31)35-20)8-7-25-21(29)17-14-16(28(32)33)5-6-19(17)26-9-11-34-12-10-26/h1-6,13-14H,7-12H2,(H,25,29)/b20-13-. The van der Waals surface area contributed by atoms with Crippen LogP contribution in [0, 0.1) is 15.9 Å². The zero-order valence-electron chi connectivity index (χ0n) is 18.4. The quantitative estimate of drug-likeness (QED) is 0.350. The molecular formula is C23H21FN4O6S. The molecule has 2 aromatic carbocycles. The lowest BCUT2D eigenvalue weighted by molar-refractivity contribution is -0.384. The van der Waals surface area contributed by atoms with E-state index in [-0.39, 0.29) is 34.8 Å². The van der Waals surface area contributed by atoms with Gasteiger partial charge in [-0.25, -0.2) is 4.39 Å². The number of nitrogens with zero attached hydrogens (tertiary/aromatic N) is 3. The van der Waals surface area contributed by atoms with Gasteiger partial charge in [0.1, 0.15) is 5.82 Å². The minimum atomic E-state index is -0.582. The molecule has 2 saturated heterocycles. The lowest BCUT2D eigenvalue weighted by Gasteiger charge is -2.30. The normalized spacial score (nSPS) is 17.2. The number of rotatable bonds is 7. The van der Waals surface area contributed by atoms with Gasteiger partial charge in [-0.05, 0) is 30.0 Å². The van der Waals surface area contributed by atoms with Crippen molar-refractivity contribution in [1.82, 2.24) is 10.2 Å². The van der Waals surface area contributed by atoms with Crippen molar-refractivity contribution < 1.29 is 28.4 Å². The summed E-state index contributed by atoms with van der Waals surface area (Å²) >= 11 is 0.693. The highest BCUT2D eigenvalue weighted by molar-refractivity contribution is 8.18. The summed E-state index contributed by atoms with van der Waals surface area (Å²) in [6.45, 7) is 1.84. The number of ether oxygens (including phenoxy) is 1. The van der Waals surface area contributed by atoms with Gasteiger partial charge in [0, 0.05) is 43.9 Å². The molecule has 0 saturated carbocycles. The molecule has 2 fully saturated rings. The Kier molecular flexibility index (Phi) is 7.42. The first-order valence-electron chi connectivity index (χ1n) is 10.7. The maximum Gasteiger partial charge on any atom is 0.293 e. The van der Waals surface area contributed by atoms with Crippen LogP contribution in [0.2, 0.25) is 0 Å². The van der Waals surface area contributed by atoms with Crippen LogP contribution in [-0.4, -0.2) is 66.3 Å². The molecule has 0 atom stereocenters. The van der Waals surface area contributed by atoms with Gasteiger partial charge in [-0.1, -0.05) is 18.2 Å². The van der Waals surface area contributed by atoms with Crippen LogP contribution in [0.3, 0.4) is 0 Å². The number of thioether (sulfide) groups is 1. The molecule has 0 radical (unpaired) electrons. The van der Waals surface area contributed by atoms with Crippen molar-refractivity contribution in [2.75, 3.05) is 44.3 Å². The lowest BCUT2D eigenvalue weighted by atomic mass is 10.1. The summed E-state index contributed by atoms with van der Waals surface area (Å²) in [7, 11) is 0. The fourth-order valence-electron chi connectivity index (χ4n) is 3.70. The van der Waals surface area contributed by atoms with Crippen molar-refractivity contribution in [3.8, 4) is 0 Å². The molecule has 182 valence electrons. The molecule has 10 nitrogen and oxygen atoms in total. The molecule has 2 aromatic rings. The number of carbonyl (C=O) groups is 3. The molecule has 0 unspecified atom stereocenters. The van der Waals surface area contributed by atoms with Crippen LogP contribution >= 0.6 is 11.8 Å². The van der Waals surface area contributed by atoms with Crippen LogP contribution in [0.1, 0.15) is 15.9 Å². The van der Waals surface area contributed by atoms with Gasteiger partial charge in [0.2, 0.25) is 0 Å². The first-order chi connectivity index (χ1) is 16.8. The van der Waals surface area contributed by atoms with Gasteiger partial charge in [-0.2, -0.15) is 0 Å². The third kappa shape index (κ3) is 5.49. The summed E-state index contributed by atoms with van der Waals surface area (Å²) in [5.74, 6) is -1.66. The Labute approximate surface area is 203 Å². The summed E-state index contributed by atoms with van der Waals surface area (Å²) in [5, 5.41) is 13.3. The number of morpholine rings is 1. The SMILES string of the molecule is O=C(NCCN1C(=O)S/C(=C\c2ccccc2F)C1=O)c1cc([N+](=O)[O-])ccc1N1CCOCC1. The number of halogens is 1. The molecule has 3 amide bonds. The van der Waals surface area contributed by atoms with Crippen molar-refractivity contribution in [1.29, 1.82) is 0 Å². The van der Waals surface area contributed by atoms with E-state index in [1.54, 1.807) is 6.07 Å². The van der Waals surface area contributed by atoms with Gasteiger partial charge < -0.3 is 15.0 Å². The number of nitro groups is 1. The maximum absolute atomic E-state index is 13.9. The summed E-state index contributed by atoms with van der Waals surface area (Å²) in [6, 6.07) is 9.96. The summed E-state index contributed by atoms with van der Waals surface area (Å²) in [5.41, 5.74) is 0.620. The van der Waals surface area contributed by atoms with Crippen molar-refractivity contribution in [3.05, 3.63) is 74.4 Å². The first kappa shape index (κ1) is 24.4. The molecule has 12 heteroatoms. The molecule has 35 heavy (non-hydrogen) atoms. The third-order valence-electron chi connectivity index (χ3n) is 5.47. The van der Waals surface area contributed by atoms with E-state index in [1.807, 2.05) is 4.90 Å². The fourth-order valence-corrected chi connectivity index (χ4v) is 4.56. The minimum absolute atomic E-state index is 0.0604. The maximum atomic E-state index is 13.9. The van der Waals surface area contributed by atoms with E-state index in [9.17, 15) is 28.9 Å². The number of carbonyl (C=O) groups excluding carboxylic acids is 3. The van der Waals surface area contributed by atoms with Gasteiger partial charge in [0.05, 0.1) is 34.3 Å². The van der Waals surface area contributed by atoms with Crippen LogP contribution in [-0.2, 0) is 9.53 Å². The Balaban J connectivity index is 1.44. The summed E-state index contributed by atoms with van der Waals surface area (Å²) < 4.78 is 19.2. The molecule has 0 aromatic heterocycles. The van der Waals surface area contributed by atoms with E-state index in [4.69, 9.17) is 4.74 Å². The third-order valence-corrected chi connectivity index (χ3v) is 6.38. The Bertz CT molecular complexity index is 1210. The highest BCUT2D eigenvalue weighted by atomic mass is 32.2. The highest BCUT2D eigenvalue weighted by Crippen LogP contribution is 2.32. The zero-order valence-corrected chi connectivity index (χ0v) is 19.3. The molecule has 0 bridgehead atoms. The second-order valence-electron chi connectivity index (χ2n) is 7.67. The van der Waals surface area contributed by atoms with Crippen molar-refractivity contribution in [2.24, 2.45) is 0 Å². The van der Waals surface area contributed by atoms with Crippen LogP contribution in [0.15, 0.2) is 47.4 Å². The molecule has 0 spiro atoms. The van der Waals surface area contributed by atoms with Crippen molar-refractivity contribution in [2.45, 2.75) is 0 Å². The molecular weight excluding hydrogens is 479 g/mol. The number of hydrogen-bond acceptors (Lipinski definition) is 8. The zero-order chi connectivity index (χ0) is 24.9. The largest absolute Gasteiger partial charge is 0.378 e. The van der Waals surface area contributed by atoms with Gasteiger partial charge >= 0.3 is 0 Å². The number of anilines is 1. The van der Waals surface area contributed by atoms with Crippen LogP contribution < -0.4 is 10.2 Å². The second-order valence-corrected chi connectivity index (χ2v) is 8.66. The van der Waals surface area contributed by atoms with Gasteiger partial charge in [-0.3, -0.25) is 29.4 Å². The highest BCUT2D eigenvalue weighted by Gasteiger charge is 2.35.